The largest absolute Gasteiger partial charge is 0.344 e. The molecule has 0 radical (unpaired) electrons. The van der Waals surface area contributed by atoms with Crippen molar-refractivity contribution in [1.82, 2.24) is 14.9 Å². The van der Waals surface area contributed by atoms with Crippen LogP contribution in [0.1, 0.15) is 19.4 Å². The Morgan fingerprint density at radius 2 is 2.00 bits per heavy atom. The summed E-state index contributed by atoms with van der Waals surface area (Å²) >= 11 is 0. The van der Waals surface area contributed by atoms with Gasteiger partial charge >= 0.3 is 0 Å². The Balaban J connectivity index is 2.12. The molecule has 1 N–H and O–H groups in total. The fraction of sp³-hybridized carbons (Fsp3) is 0.312. The first kappa shape index (κ1) is 12.2. The maximum absolute atomic E-state index is 4.23. The number of benzene rings is 1. The third-order valence-corrected chi connectivity index (χ3v) is 3.59. The molecule has 3 nitrogen and oxygen atoms in total. The molecule has 0 bridgehead atoms. The molecular formula is C16H19N3. The van der Waals surface area contributed by atoms with Gasteiger partial charge < -0.3 is 9.88 Å². The molecule has 0 amide bonds. The van der Waals surface area contributed by atoms with Gasteiger partial charge in [-0.25, -0.2) is 0 Å². The van der Waals surface area contributed by atoms with E-state index < -0.39 is 0 Å². The van der Waals surface area contributed by atoms with Crippen LogP contribution >= 0.6 is 0 Å². The number of hydrogen-bond donors (Lipinski definition) is 1. The minimum absolute atomic E-state index is 0.507. The predicted octanol–water partition coefficient (Wildman–Crippen LogP) is 3.22. The van der Waals surface area contributed by atoms with E-state index >= 15 is 0 Å². The van der Waals surface area contributed by atoms with Gasteiger partial charge in [0.1, 0.15) is 0 Å². The molecule has 2 aromatic heterocycles. The Hall–Kier alpha value is -1.87. The van der Waals surface area contributed by atoms with Gasteiger partial charge in [0.25, 0.3) is 0 Å². The third-order valence-electron chi connectivity index (χ3n) is 3.59. The Kier molecular flexibility index (Phi) is 2.99. The molecule has 0 aliphatic rings. The number of hydrogen-bond acceptors (Lipinski definition) is 2. The van der Waals surface area contributed by atoms with Crippen LogP contribution in [0.2, 0.25) is 0 Å². The summed E-state index contributed by atoms with van der Waals surface area (Å²) < 4.78 is 2.24. The Labute approximate surface area is 113 Å². The molecule has 98 valence electrons. The lowest BCUT2D eigenvalue weighted by atomic mass is 10.1. The monoisotopic (exact) mass is 253 g/mol. The van der Waals surface area contributed by atoms with Crippen molar-refractivity contribution in [3.05, 3.63) is 42.2 Å². The number of aromatic nitrogens is 2. The van der Waals surface area contributed by atoms with Crippen LogP contribution in [-0.2, 0) is 13.6 Å². The number of aryl methyl sites for hydroxylation is 1. The summed E-state index contributed by atoms with van der Waals surface area (Å²) in [6.07, 6.45) is 3.80. The van der Waals surface area contributed by atoms with Crippen molar-refractivity contribution < 1.29 is 0 Å². The molecule has 0 saturated heterocycles. The number of fused-ring (bicyclic) bond motifs is 3. The molecule has 0 atom stereocenters. The number of nitrogens with one attached hydrogen (secondary N) is 1. The average Bonchev–Trinajstić information content (AvgIpc) is 2.71. The fourth-order valence-electron chi connectivity index (χ4n) is 2.53. The van der Waals surface area contributed by atoms with Gasteiger partial charge in [0.05, 0.1) is 5.52 Å². The SMILES string of the molecule is CC(C)NCc1ccc2c3cnccc3n(C)c2c1. The molecule has 19 heavy (non-hydrogen) atoms. The van der Waals surface area contributed by atoms with Gasteiger partial charge in [0.15, 0.2) is 0 Å². The zero-order chi connectivity index (χ0) is 13.4. The van der Waals surface area contributed by atoms with Gasteiger partial charge in [-0.1, -0.05) is 26.0 Å². The van der Waals surface area contributed by atoms with Gasteiger partial charge in [0, 0.05) is 48.3 Å². The van der Waals surface area contributed by atoms with E-state index in [4.69, 9.17) is 0 Å². The van der Waals surface area contributed by atoms with Crippen molar-refractivity contribution >= 4 is 21.8 Å². The van der Waals surface area contributed by atoms with Gasteiger partial charge in [-0.2, -0.15) is 0 Å². The van der Waals surface area contributed by atoms with Crippen molar-refractivity contribution in [2.24, 2.45) is 7.05 Å². The van der Waals surface area contributed by atoms with E-state index in [-0.39, 0.29) is 0 Å². The fourth-order valence-corrected chi connectivity index (χ4v) is 2.53. The van der Waals surface area contributed by atoms with E-state index in [9.17, 15) is 0 Å². The summed E-state index contributed by atoms with van der Waals surface area (Å²) in [7, 11) is 2.12. The van der Waals surface area contributed by atoms with Crippen LogP contribution in [0.15, 0.2) is 36.7 Å². The summed E-state index contributed by atoms with van der Waals surface area (Å²) in [5.41, 5.74) is 3.82. The molecular weight excluding hydrogens is 234 g/mol. The molecule has 0 saturated carbocycles. The highest BCUT2D eigenvalue weighted by atomic mass is 14.9. The molecule has 3 rings (SSSR count). The third kappa shape index (κ3) is 2.10. The second kappa shape index (κ2) is 4.67. The van der Waals surface area contributed by atoms with Gasteiger partial charge in [-0.05, 0) is 17.7 Å². The summed E-state index contributed by atoms with van der Waals surface area (Å²) in [6.45, 7) is 5.25. The van der Waals surface area contributed by atoms with E-state index in [1.165, 1.54) is 27.4 Å². The number of nitrogens with zero attached hydrogens (tertiary/aromatic N) is 2. The quantitative estimate of drug-likeness (QED) is 0.776. The second-order valence-electron chi connectivity index (χ2n) is 5.34. The standard InChI is InChI=1S/C16H19N3/c1-11(2)18-9-12-4-5-13-14-10-17-7-6-15(14)19(3)16(13)8-12/h4-8,10-11,18H,9H2,1-3H3. The van der Waals surface area contributed by atoms with E-state index in [0.717, 1.165) is 6.54 Å². The van der Waals surface area contributed by atoms with Crippen LogP contribution in [0.25, 0.3) is 21.8 Å². The van der Waals surface area contributed by atoms with Gasteiger partial charge in [0.2, 0.25) is 0 Å². The van der Waals surface area contributed by atoms with Crippen molar-refractivity contribution in [2.75, 3.05) is 0 Å². The molecule has 0 aliphatic carbocycles. The van der Waals surface area contributed by atoms with E-state index in [2.05, 4.69) is 60.0 Å². The minimum Gasteiger partial charge on any atom is -0.344 e. The first-order chi connectivity index (χ1) is 9.16. The zero-order valence-electron chi connectivity index (χ0n) is 11.6. The number of pyridine rings is 1. The predicted molar refractivity (Wildman–Crippen MR) is 80.2 cm³/mol. The molecule has 3 heteroatoms. The maximum Gasteiger partial charge on any atom is 0.0519 e. The first-order valence-electron chi connectivity index (χ1n) is 6.71. The van der Waals surface area contributed by atoms with Crippen LogP contribution in [0, 0.1) is 0 Å². The zero-order valence-corrected chi connectivity index (χ0v) is 11.6. The molecule has 1 aromatic carbocycles. The van der Waals surface area contributed by atoms with Crippen LogP contribution < -0.4 is 5.32 Å². The number of rotatable bonds is 3. The second-order valence-corrected chi connectivity index (χ2v) is 5.34. The van der Waals surface area contributed by atoms with Crippen molar-refractivity contribution in [1.29, 1.82) is 0 Å². The molecule has 0 unspecified atom stereocenters. The first-order valence-corrected chi connectivity index (χ1v) is 6.71. The van der Waals surface area contributed by atoms with Gasteiger partial charge in [-0.3, -0.25) is 4.98 Å². The summed E-state index contributed by atoms with van der Waals surface area (Å²) in [4.78, 5) is 4.23. The maximum atomic E-state index is 4.23. The highest BCUT2D eigenvalue weighted by Gasteiger charge is 2.08. The van der Waals surface area contributed by atoms with E-state index in [1.807, 2.05) is 12.4 Å². The molecule has 0 spiro atoms. The molecule has 2 heterocycles. The van der Waals surface area contributed by atoms with Crippen molar-refractivity contribution in [3.63, 3.8) is 0 Å². The normalized spacial score (nSPS) is 11.8. The lowest BCUT2D eigenvalue weighted by Gasteiger charge is -2.08. The molecule has 0 fully saturated rings. The van der Waals surface area contributed by atoms with Crippen molar-refractivity contribution in [3.8, 4) is 0 Å². The van der Waals surface area contributed by atoms with Crippen LogP contribution in [-0.4, -0.2) is 15.6 Å². The Morgan fingerprint density at radius 3 is 2.79 bits per heavy atom. The lowest BCUT2D eigenvalue weighted by Crippen LogP contribution is -2.21. The molecule has 3 aromatic rings. The molecule has 0 aliphatic heterocycles. The smallest absolute Gasteiger partial charge is 0.0519 e. The van der Waals surface area contributed by atoms with Crippen molar-refractivity contribution in [2.45, 2.75) is 26.4 Å². The van der Waals surface area contributed by atoms with Gasteiger partial charge in [-0.15, -0.1) is 0 Å². The summed E-state index contributed by atoms with van der Waals surface area (Å²) in [6, 6.07) is 9.25. The highest BCUT2D eigenvalue weighted by Crippen LogP contribution is 2.27. The minimum atomic E-state index is 0.507. The van der Waals surface area contributed by atoms with E-state index in [1.54, 1.807) is 0 Å². The average molecular weight is 253 g/mol. The van der Waals surface area contributed by atoms with E-state index in [0.29, 0.717) is 6.04 Å². The van der Waals surface area contributed by atoms with Crippen LogP contribution in [0.3, 0.4) is 0 Å². The highest BCUT2D eigenvalue weighted by molar-refractivity contribution is 6.07. The summed E-state index contributed by atoms with van der Waals surface area (Å²) in [5, 5.41) is 5.96. The van der Waals surface area contributed by atoms with Crippen LogP contribution in [0.5, 0.6) is 0 Å². The lowest BCUT2D eigenvalue weighted by molar-refractivity contribution is 0.589. The Morgan fingerprint density at radius 1 is 1.16 bits per heavy atom. The summed E-state index contributed by atoms with van der Waals surface area (Å²) in [5.74, 6) is 0. The Bertz CT molecular complexity index is 725. The van der Waals surface area contributed by atoms with Crippen LogP contribution in [0.4, 0.5) is 0 Å². The topological polar surface area (TPSA) is 29.9 Å².